The summed E-state index contributed by atoms with van der Waals surface area (Å²) in [5, 5.41) is 3.03. The summed E-state index contributed by atoms with van der Waals surface area (Å²) in [5.74, 6) is 5.68. The van der Waals surface area contributed by atoms with Crippen molar-refractivity contribution in [1.82, 2.24) is 5.32 Å². The van der Waals surface area contributed by atoms with E-state index in [1.807, 2.05) is 0 Å². The number of hydrogen-bond acceptors (Lipinski definition) is 6. The Bertz CT molecular complexity index is 1040. The van der Waals surface area contributed by atoms with Crippen LogP contribution in [0.2, 0.25) is 0 Å². The van der Waals surface area contributed by atoms with Crippen LogP contribution in [0.5, 0.6) is 0 Å². The largest absolute Gasteiger partial charge is 0.461 e. The topological polar surface area (TPSA) is 81.4 Å². The second-order valence-electron chi connectivity index (χ2n) is 17.1. The van der Waals surface area contributed by atoms with Gasteiger partial charge in [-0.05, 0) is 111 Å². The van der Waals surface area contributed by atoms with E-state index in [9.17, 15) is 9.59 Å². The van der Waals surface area contributed by atoms with Gasteiger partial charge in [-0.15, -0.1) is 0 Å². The van der Waals surface area contributed by atoms with Gasteiger partial charge in [0.1, 0.15) is 11.9 Å². The third-order valence-corrected chi connectivity index (χ3v) is 15.6. The number of carbonyl (C=O) groups excluding carboxylic acids is 2. The summed E-state index contributed by atoms with van der Waals surface area (Å²) < 4.78 is 6.02. The van der Waals surface area contributed by atoms with Crippen molar-refractivity contribution in [2.24, 2.45) is 52.1 Å². The van der Waals surface area contributed by atoms with Crippen molar-refractivity contribution < 1.29 is 14.3 Å². The molecule has 3 N–H and O–H groups in total. The number of rotatable bonds is 21. The Morgan fingerprint density at radius 2 is 1.58 bits per heavy atom. The van der Waals surface area contributed by atoms with Crippen LogP contribution in [0.1, 0.15) is 157 Å². The van der Waals surface area contributed by atoms with Crippen LogP contribution in [0.15, 0.2) is 11.6 Å². The zero-order valence-corrected chi connectivity index (χ0v) is 33.1. The lowest BCUT2D eigenvalue weighted by Crippen LogP contribution is -2.51. The molecule has 5 nitrogen and oxygen atoms in total. The molecule has 0 aromatic rings. The number of allylic oxidation sites excluding steroid dienone is 1. The number of ether oxygens (including phenoxy) is 1. The van der Waals surface area contributed by atoms with E-state index in [0.717, 1.165) is 80.7 Å². The Balaban J connectivity index is 1.12. The molecule has 276 valence electrons. The van der Waals surface area contributed by atoms with Gasteiger partial charge in [-0.3, -0.25) is 9.59 Å². The van der Waals surface area contributed by atoms with Crippen LogP contribution in [0.3, 0.4) is 0 Å². The molecule has 1 amide bonds. The molecule has 3 fully saturated rings. The van der Waals surface area contributed by atoms with Crippen LogP contribution in [0.25, 0.3) is 0 Å². The highest BCUT2D eigenvalue weighted by molar-refractivity contribution is 8.77. The van der Waals surface area contributed by atoms with E-state index in [4.69, 9.17) is 10.5 Å². The summed E-state index contributed by atoms with van der Waals surface area (Å²) in [4.78, 5) is 25.0. The summed E-state index contributed by atoms with van der Waals surface area (Å²) in [6, 6.07) is 0. The maximum Gasteiger partial charge on any atom is 0.317 e. The minimum absolute atomic E-state index is 0.00428. The Morgan fingerprint density at radius 1 is 0.875 bits per heavy atom. The van der Waals surface area contributed by atoms with Crippen molar-refractivity contribution >= 4 is 33.5 Å². The van der Waals surface area contributed by atoms with Crippen molar-refractivity contribution in [3.63, 3.8) is 0 Å². The highest BCUT2D eigenvalue weighted by Crippen LogP contribution is 2.67. The zero-order chi connectivity index (χ0) is 34.6. The molecule has 0 radical (unpaired) electrons. The second kappa shape index (κ2) is 19.8. The summed E-state index contributed by atoms with van der Waals surface area (Å²) in [7, 11) is 2.91. The molecular weight excluding hydrogens is 633 g/mol. The molecule has 0 saturated heterocycles. The van der Waals surface area contributed by atoms with Crippen LogP contribution in [-0.2, 0) is 14.3 Å². The second-order valence-corrected chi connectivity index (χ2v) is 19.6. The first-order chi connectivity index (χ1) is 23.1. The van der Waals surface area contributed by atoms with Gasteiger partial charge >= 0.3 is 5.97 Å². The molecule has 48 heavy (non-hydrogen) atoms. The first-order valence-electron chi connectivity index (χ1n) is 20.2. The number of unbranched alkanes of at least 4 members (excludes halogenated alkanes) is 7. The molecule has 4 aliphatic carbocycles. The normalized spacial score (nSPS) is 31.8. The minimum Gasteiger partial charge on any atom is -0.461 e. The lowest BCUT2D eigenvalue weighted by atomic mass is 9.47. The molecular formula is C41H72N2O3S2. The molecule has 4 aliphatic rings. The van der Waals surface area contributed by atoms with Gasteiger partial charge in [0.25, 0.3) is 0 Å². The van der Waals surface area contributed by atoms with Gasteiger partial charge in [0.2, 0.25) is 5.91 Å². The number of nitrogens with two attached hydrogens (primary N) is 1. The number of amides is 1. The van der Waals surface area contributed by atoms with Gasteiger partial charge in [0, 0.05) is 13.0 Å². The highest BCUT2D eigenvalue weighted by atomic mass is 33.1. The summed E-state index contributed by atoms with van der Waals surface area (Å²) in [6.45, 7) is 14.1. The van der Waals surface area contributed by atoms with E-state index < -0.39 is 0 Å². The minimum atomic E-state index is -0.133. The monoisotopic (exact) mass is 704 g/mol. The van der Waals surface area contributed by atoms with E-state index in [1.54, 1.807) is 5.57 Å². The van der Waals surface area contributed by atoms with Gasteiger partial charge in [-0.1, -0.05) is 126 Å². The lowest BCUT2D eigenvalue weighted by molar-refractivity contribution is -0.148. The van der Waals surface area contributed by atoms with E-state index in [0.29, 0.717) is 16.9 Å². The number of nitrogens with one attached hydrogen (secondary N) is 1. The fraction of sp³-hybridized carbons (Fsp3) is 0.902. The maximum absolute atomic E-state index is 12.8. The van der Waals surface area contributed by atoms with Crippen molar-refractivity contribution in [3.05, 3.63) is 11.6 Å². The Morgan fingerprint density at radius 3 is 2.31 bits per heavy atom. The van der Waals surface area contributed by atoms with Crippen molar-refractivity contribution in [2.45, 2.75) is 163 Å². The average Bonchev–Trinajstić information content (AvgIpc) is 3.41. The molecule has 0 aromatic heterocycles. The van der Waals surface area contributed by atoms with E-state index in [1.165, 1.54) is 111 Å². The van der Waals surface area contributed by atoms with Gasteiger partial charge < -0.3 is 15.8 Å². The molecule has 0 aliphatic heterocycles. The molecule has 8 unspecified atom stereocenters. The predicted octanol–water partition coefficient (Wildman–Crippen LogP) is 10.5. The number of fused-ring (bicyclic) bond motifs is 5. The highest BCUT2D eigenvalue weighted by Gasteiger charge is 2.59. The lowest BCUT2D eigenvalue weighted by Gasteiger charge is -2.58. The molecule has 4 rings (SSSR count). The van der Waals surface area contributed by atoms with Gasteiger partial charge in [0.05, 0.1) is 5.75 Å². The van der Waals surface area contributed by atoms with E-state index >= 15 is 0 Å². The number of hydrogen-bond donors (Lipinski definition) is 2. The molecule has 0 bridgehead atoms. The predicted molar refractivity (Wildman–Crippen MR) is 207 cm³/mol. The first-order valence-corrected chi connectivity index (χ1v) is 22.7. The zero-order valence-electron chi connectivity index (χ0n) is 31.5. The molecule has 7 heteroatoms. The van der Waals surface area contributed by atoms with Gasteiger partial charge in [-0.25, -0.2) is 0 Å². The molecule has 0 spiro atoms. The third-order valence-electron chi connectivity index (χ3n) is 13.5. The van der Waals surface area contributed by atoms with E-state index in [-0.39, 0.29) is 23.4 Å². The smallest absolute Gasteiger partial charge is 0.317 e. The maximum atomic E-state index is 12.8. The fourth-order valence-electron chi connectivity index (χ4n) is 10.8. The number of esters is 1. The van der Waals surface area contributed by atoms with Crippen LogP contribution in [0.4, 0.5) is 0 Å². The van der Waals surface area contributed by atoms with Crippen LogP contribution < -0.4 is 11.1 Å². The standard InChI is InChI=1S/C41H72N2O3S2/c1-30(2)15-14-16-31(3)35-19-20-36-34-18-17-32-27-33(21-23-40(32,4)37(34)22-24-41(35,36)5)46-39(45)29-48-47-28-38(44)43-26-13-11-9-7-6-8-10-12-25-42/h17,30-31,33-37H,6-16,18-29,42H2,1-5H3,(H,43,44). The van der Waals surface area contributed by atoms with Crippen LogP contribution in [-0.4, -0.2) is 42.6 Å². The quantitative estimate of drug-likeness (QED) is 0.0536. The van der Waals surface area contributed by atoms with Crippen molar-refractivity contribution in [2.75, 3.05) is 24.6 Å². The summed E-state index contributed by atoms with van der Waals surface area (Å²) in [6.07, 6.45) is 26.4. The Labute approximate surface area is 303 Å². The summed E-state index contributed by atoms with van der Waals surface area (Å²) in [5.41, 5.74) is 7.92. The van der Waals surface area contributed by atoms with Gasteiger partial charge in [-0.2, -0.15) is 0 Å². The number of carbonyl (C=O) groups is 2. The molecule has 0 aromatic carbocycles. The SMILES string of the molecule is CC(C)CCCC(C)C1CCC2C3CC=C4CC(OC(=O)CSSCC(=O)NCCCCCCCCCCN)CCC4(C)C3CCC12C. The summed E-state index contributed by atoms with van der Waals surface area (Å²) >= 11 is 0. The van der Waals surface area contributed by atoms with Crippen LogP contribution in [0, 0.1) is 46.3 Å². The molecule has 0 heterocycles. The van der Waals surface area contributed by atoms with Crippen molar-refractivity contribution in [3.8, 4) is 0 Å². The Kier molecular flexibility index (Phi) is 16.6. The molecule has 3 saturated carbocycles. The van der Waals surface area contributed by atoms with Gasteiger partial charge in [0.15, 0.2) is 0 Å². The van der Waals surface area contributed by atoms with E-state index in [2.05, 4.69) is 46.0 Å². The fourth-order valence-corrected chi connectivity index (χ4v) is 12.4. The third kappa shape index (κ3) is 10.9. The average molecular weight is 705 g/mol. The Hall–Kier alpha value is -0.660. The molecule has 8 atom stereocenters. The van der Waals surface area contributed by atoms with Crippen molar-refractivity contribution in [1.29, 1.82) is 0 Å². The first kappa shape index (κ1) is 40.1. The van der Waals surface area contributed by atoms with Crippen LogP contribution >= 0.6 is 21.6 Å².